The summed E-state index contributed by atoms with van der Waals surface area (Å²) in [6.07, 6.45) is 2.55. The van der Waals surface area contributed by atoms with Crippen LogP contribution >= 0.6 is 0 Å². The lowest BCUT2D eigenvalue weighted by atomic mass is 10.0. The zero-order valence-electron chi connectivity index (χ0n) is 16.9. The van der Waals surface area contributed by atoms with Crippen LogP contribution in [0.5, 0.6) is 5.75 Å². The number of carbonyl (C=O) groups excluding carboxylic acids is 1. The van der Waals surface area contributed by atoms with Crippen LogP contribution in [0.3, 0.4) is 0 Å². The Hall–Kier alpha value is -4.01. The average Bonchev–Trinajstić information content (AvgIpc) is 3.20. The van der Waals surface area contributed by atoms with Gasteiger partial charge in [-0.25, -0.2) is 18.7 Å². The molecule has 2 aromatic carbocycles. The van der Waals surface area contributed by atoms with E-state index < -0.39 is 11.5 Å². The maximum atomic E-state index is 13.2. The lowest BCUT2D eigenvalue weighted by Crippen LogP contribution is -2.35. The SMILES string of the molecule is CC(C)c1ccc(OCC(=O)Nn2cnc3c(cnn3-c3ccc(F)cc3)c2=O)cc1. The van der Waals surface area contributed by atoms with Crippen molar-refractivity contribution in [2.75, 3.05) is 12.0 Å². The van der Waals surface area contributed by atoms with Crippen LogP contribution in [0.25, 0.3) is 16.7 Å². The first-order chi connectivity index (χ1) is 14.9. The molecule has 0 aliphatic rings. The molecule has 0 unspecified atom stereocenters. The van der Waals surface area contributed by atoms with Crippen molar-refractivity contribution in [2.45, 2.75) is 19.8 Å². The van der Waals surface area contributed by atoms with E-state index in [-0.39, 0.29) is 17.8 Å². The Morgan fingerprint density at radius 2 is 1.84 bits per heavy atom. The van der Waals surface area contributed by atoms with Crippen LogP contribution in [-0.4, -0.2) is 32.0 Å². The fourth-order valence-electron chi connectivity index (χ4n) is 3.03. The van der Waals surface area contributed by atoms with Gasteiger partial charge in [-0.3, -0.25) is 15.0 Å². The number of benzene rings is 2. The van der Waals surface area contributed by atoms with Crippen molar-refractivity contribution in [1.82, 2.24) is 19.4 Å². The summed E-state index contributed by atoms with van der Waals surface area (Å²) in [7, 11) is 0. The number of hydrogen-bond acceptors (Lipinski definition) is 5. The molecule has 1 amide bonds. The maximum Gasteiger partial charge on any atom is 0.283 e. The third-order valence-electron chi connectivity index (χ3n) is 4.72. The van der Waals surface area contributed by atoms with Gasteiger partial charge in [0.25, 0.3) is 11.5 Å². The first kappa shape index (κ1) is 20.3. The molecule has 0 saturated carbocycles. The van der Waals surface area contributed by atoms with E-state index in [9.17, 15) is 14.0 Å². The van der Waals surface area contributed by atoms with E-state index in [1.807, 2.05) is 12.1 Å². The van der Waals surface area contributed by atoms with Gasteiger partial charge in [0.05, 0.1) is 11.9 Å². The van der Waals surface area contributed by atoms with E-state index in [0.29, 0.717) is 23.0 Å². The Kier molecular flexibility index (Phi) is 5.48. The predicted octanol–water partition coefficient (Wildman–Crippen LogP) is 2.99. The molecular formula is C22H20FN5O3. The van der Waals surface area contributed by atoms with Crippen molar-refractivity contribution >= 4 is 16.9 Å². The molecule has 0 aliphatic carbocycles. The topological polar surface area (TPSA) is 91.0 Å². The van der Waals surface area contributed by atoms with Crippen molar-refractivity contribution in [3.63, 3.8) is 0 Å². The van der Waals surface area contributed by atoms with E-state index in [4.69, 9.17) is 4.74 Å². The van der Waals surface area contributed by atoms with E-state index in [1.165, 1.54) is 47.0 Å². The maximum absolute atomic E-state index is 13.2. The first-order valence-electron chi connectivity index (χ1n) is 9.66. The van der Waals surface area contributed by atoms with Crippen LogP contribution < -0.4 is 15.7 Å². The summed E-state index contributed by atoms with van der Waals surface area (Å²) in [5, 5.41) is 4.36. The molecule has 0 radical (unpaired) electrons. The smallest absolute Gasteiger partial charge is 0.283 e. The molecule has 0 saturated heterocycles. The average molecular weight is 421 g/mol. The molecule has 0 bridgehead atoms. The molecule has 0 atom stereocenters. The number of nitrogens with one attached hydrogen (secondary N) is 1. The Bertz CT molecular complexity index is 1280. The minimum absolute atomic E-state index is 0.206. The Morgan fingerprint density at radius 1 is 1.13 bits per heavy atom. The number of rotatable bonds is 6. The third-order valence-corrected chi connectivity index (χ3v) is 4.72. The summed E-state index contributed by atoms with van der Waals surface area (Å²) in [5.74, 6) is 0.0681. The minimum Gasteiger partial charge on any atom is -0.484 e. The highest BCUT2D eigenvalue weighted by molar-refractivity contribution is 5.85. The monoisotopic (exact) mass is 421 g/mol. The summed E-state index contributed by atoms with van der Waals surface area (Å²) < 4.78 is 21.0. The quantitative estimate of drug-likeness (QED) is 0.517. The van der Waals surface area contributed by atoms with Crippen LogP contribution in [0.1, 0.15) is 25.3 Å². The van der Waals surface area contributed by atoms with Gasteiger partial charge in [-0.15, -0.1) is 0 Å². The molecule has 2 aromatic heterocycles. The van der Waals surface area contributed by atoms with Crippen LogP contribution in [0.2, 0.25) is 0 Å². The van der Waals surface area contributed by atoms with Crippen molar-refractivity contribution in [3.05, 3.63) is 82.8 Å². The summed E-state index contributed by atoms with van der Waals surface area (Å²) in [4.78, 5) is 29.1. The highest BCUT2D eigenvalue weighted by Crippen LogP contribution is 2.18. The second kappa shape index (κ2) is 8.39. The van der Waals surface area contributed by atoms with E-state index in [1.54, 1.807) is 12.1 Å². The second-order valence-corrected chi connectivity index (χ2v) is 7.24. The Labute approximate surface area is 176 Å². The number of carbonyl (C=O) groups is 1. The van der Waals surface area contributed by atoms with Crippen molar-refractivity contribution in [3.8, 4) is 11.4 Å². The number of fused-ring (bicyclic) bond motifs is 1. The number of aromatic nitrogens is 4. The van der Waals surface area contributed by atoms with E-state index in [2.05, 4.69) is 29.4 Å². The molecule has 0 fully saturated rings. The standard InChI is InChI=1S/C22H20FN5O3/c1-14(2)15-3-9-18(10-4-15)31-12-20(29)26-27-13-24-21-19(22(27)30)11-25-28(21)17-7-5-16(23)6-8-17/h3-11,13-14H,12H2,1-2H3,(H,26,29). The van der Waals surface area contributed by atoms with E-state index in [0.717, 1.165) is 4.68 Å². The van der Waals surface area contributed by atoms with Gasteiger partial charge in [0.1, 0.15) is 23.3 Å². The number of amides is 1. The highest BCUT2D eigenvalue weighted by Gasteiger charge is 2.13. The first-order valence-corrected chi connectivity index (χ1v) is 9.66. The largest absolute Gasteiger partial charge is 0.484 e. The molecule has 0 spiro atoms. The van der Waals surface area contributed by atoms with Crippen molar-refractivity contribution in [2.24, 2.45) is 0 Å². The number of ether oxygens (including phenoxy) is 1. The van der Waals surface area contributed by atoms with Gasteiger partial charge < -0.3 is 4.74 Å². The van der Waals surface area contributed by atoms with Gasteiger partial charge in [-0.1, -0.05) is 26.0 Å². The van der Waals surface area contributed by atoms with Crippen LogP contribution in [0, 0.1) is 5.82 Å². The molecule has 31 heavy (non-hydrogen) atoms. The van der Waals surface area contributed by atoms with Gasteiger partial charge in [0.2, 0.25) is 0 Å². The lowest BCUT2D eigenvalue weighted by Gasteiger charge is -2.10. The van der Waals surface area contributed by atoms with Crippen molar-refractivity contribution in [1.29, 1.82) is 0 Å². The summed E-state index contributed by atoms with van der Waals surface area (Å²) in [6.45, 7) is 3.92. The highest BCUT2D eigenvalue weighted by atomic mass is 19.1. The molecule has 4 rings (SSSR count). The summed E-state index contributed by atoms with van der Waals surface area (Å²) >= 11 is 0. The number of hydrogen-bond donors (Lipinski definition) is 1. The molecule has 2 heterocycles. The van der Waals surface area contributed by atoms with Crippen LogP contribution in [0.15, 0.2) is 65.8 Å². The molecule has 0 aliphatic heterocycles. The zero-order chi connectivity index (χ0) is 22.0. The van der Waals surface area contributed by atoms with Crippen LogP contribution in [-0.2, 0) is 4.79 Å². The Balaban J connectivity index is 1.47. The van der Waals surface area contributed by atoms with Gasteiger partial charge in [-0.05, 0) is 47.9 Å². The summed E-state index contributed by atoms with van der Waals surface area (Å²) in [6, 6.07) is 13.1. The molecule has 8 nitrogen and oxygen atoms in total. The number of nitrogens with zero attached hydrogens (tertiary/aromatic N) is 4. The zero-order valence-corrected chi connectivity index (χ0v) is 16.9. The van der Waals surface area contributed by atoms with Gasteiger partial charge >= 0.3 is 0 Å². The van der Waals surface area contributed by atoms with E-state index >= 15 is 0 Å². The molecule has 4 aromatic rings. The van der Waals surface area contributed by atoms with Crippen molar-refractivity contribution < 1.29 is 13.9 Å². The van der Waals surface area contributed by atoms with Crippen LogP contribution in [0.4, 0.5) is 4.39 Å². The Morgan fingerprint density at radius 3 is 2.52 bits per heavy atom. The van der Waals surface area contributed by atoms with Gasteiger partial charge in [-0.2, -0.15) is 5.10 Å². The van der Waals surface area contributed by atoms with Gasteiger partial charge in [0.15, 0.2) is 12.3 Å². The fraction of sp³-hybridized carbons (Fsp3) is 0.182. The second-order valence-electron chi connectivity index (χ2n) is 7.24. The molecule has 9 heteroatoms. The third kappa shape index (κ3) is 4.30. The molecular weight excluding hydrogens is 401 g/mol. The fourth-order valence-corrected chi connectivity index (χ4v) is 3.03. The molecule has 1 N–H and O–H groups in total. The lowest BCUT2D eigenvalue weighted by molar-refractivity contribution is -0.119. The minimum atomic E-state index is -0.512. The normalized spacial score (nSPS) is 11.1. The number of halogens is 1. The summed E-state index contributed by atoms with van der Waals surface area (Å²) in [5.41, 5.74) is 3.98. The van der Waals surface area contributed by atoms with Gasteiger partial charge in [0, 0.05) is 0 Å². The molecule has 158 valence electrons. The predicted molar refractivity (Wildman–Crippen MR) is 113 cm³/mol.